The van der Waals surface area contributed by atoms with Crippen LogP contribution in [0, 0.1) is 5.82 Å². The molecule has 2 heterocycles. The van der Waals surface area contributed by atoms with Gasteiger partial charge in [0.1, 0.15) is 0 Å². The Morgan fingerprint density at radius 2 is 2.11 bits per heavy atom. The molecule has 0 unspecified atom stereocenters. The topological polar surface area (TPSA) is 67.7 Å². The molecule has 0 spiro atoms. The van der Waals surface area contributed by atoms with Gasteiger partial charge in [0.25, 0.3) is 5.91 Å². The Morgan fingerprint density at radius 3 is 2.78 bits per heavy atom. The fraction of sp³-hybridized carbons (Fsp3) is 0.222. The predicted octanol–water partition coefficient (Wildman–Crippen LogP) is 5.09. The largest absolute Gasteiger partial charge is 0.351 e. The van der Waals surface area contributed by atoms with Crippen LogP contribution < -0.4 is 10.8 Å². The summed E-state index contributed by atoms with van der Waals surface area (Å²) in [7, 11) is 0. The van der Waals surface area contributed by atoms with Crippen LogP contribution in [0.5, 0.6) is 0 Å². The first-order chi connectivity index (χ1) is 12.7. The molecule has 0 saturated carbocycles. The maximum Gasteiger partial charge on any atom is 0.278 e. The SMILES string of the molecule is CC(C)(C)ONC(=O)c1cn2ccnc2c(F)c1Nc1ccc(Br)cc1Cl. The van der Waals surface area contributed by atoms with Crippen LogP contribution in [0.25, 0.3) is 5.65 Å². The van der Waals surface area contributed by atoms with Gasteiger partial charge in [-0.3, -0.25) is 9.63 Å². The van der Waals surface area contributed by atoms with Gasteiger partial charge in [0.15, 0.2) is 11.5 Å². The fourth-order valence-electron chi connectivity index (χ4n) is 2.30. The van der Waals surface area contributed by atoms with Crippen LogP contribution in [-0.2, 0) is 4.84 Å². The van der Waals surface area contributed by atoms with E-state index in [-0.39, 0.29) is 16.9 Å². The lowest BCUT2D eigenvalue weighted by Gasteiger charge is -2.20. The monoisotopic (exact) mass is 454 g/mol. The number of imidazole rings is 1. The van der Waals surface area contributed by atoms with Crippen molar-refractivity contribution < 1.29 is 14.0 Å². The lowest BCUT2D eigenvalue weighted by molar-refractivity contribution is -0.0589. The van der Waals surface area contributed by atoms with Crippen LogP contribution in [0.3, 0.4) is 0 Å². The first-order valence-corrected chi connectivity index (χ1v) is 9.18. The molecule has 0 radical (unpaired) electrons. The first kappa shape index (κ1) is 19.6. The molecule has 27 heavy (non-hydrogen) atoms. The average molecular weight is 456 g/mol. The van der Waals surface area contributed by atoms with Gasteiger partial charge < -0.3 is 9.72 Å². The van der Waals surface area contributed by atoms with Crippen molar-refractivity contribution in [2.75, 3.05) is 5.32 Å². The van der Waals surface area contributed by atoms with Crippen molar-refractivity contribution >= 4 is 50.5 Å². The molecule has 0 bridgehead atoms. The number of anilines is 2. The number of halogens is 3. The molecular formula is C18H17BrClFN4O2. The van der Waals surface area contributed by atoms with E-state index in [1.165, 1.54) is 16.8 Å². The zero-order valence-corrected chi connectivity index (χ0v) is 17.2. The van der Waals surface area contributed by atoms with Crippen molar-refractivity contribution in [2.24, 2.45) is 0 Å². The molecule has 0 aliphatic carbocycles. The second-order valence-electron chi connectivity index (χ2n) is 6.78. The molecule has 2 aromatic heterocycles. The Balaban J connectivity index is 2.06. The molecule has 0 saturated heterocycles. The number of carbonyl (C=O) groups excluding carboxylic acids is 1. The van der Waals surface area contributed by atoms with Crippen LogP contribution in [0.4, 0.5) is 15.8 Å². The summed E-state index contributed by atoms with van der Waals surface area (Å²) in [5.41, 5.74) is 2.27. The molecule has 142 valence electrons. The molecule has 0 aliphatic heterocycles. The number of fused-ring (bicyclic) bond motifs is 1. The van der Waals surface area contributed by atoms with Crippen LogP contribution in [0.15, 0.2) is 41.3 Å². The molecule has 1 amide bonds. The maximum atomic E-state index is 15.1. The quantitative estimate of drug-likeness (QED) is 0.538. The minimum atomic E-state index is -0.678. The summed E-state index contributed by atoms with van der Waals surface area (Å²) in [5.74, 6) is -1.28. The molecule has 3 aromatic rings. The van der Waals surface area contributed by atoms with Crippen molar-refractivity contribution in [3.63, 3.8) is 0 Å². The van der Waals surface area contributed by atoms with Gasteiger partial charge in [0.2, 0.25) is 0 Å². The van der Waals surface area contributed by atoms with Crippen LogP contribution in [0.2, 0.25) is 5.02 Å². The van der Waals surface area contributed by atoms with E-state index in [0.29, 0.717) is 10.7 Å². The minimum absolute atomic E-state index is 0.0428. The highest BCUT2D eigenvalue weighted by molar-refractivity contribution is 9.10. The molecule has 0 fully saturated rings. The summed E-state index contributed by atoms with van der Waals surface area (Å²) in [4.78, 5) is 21.9. The van der Waals surface area contributed by atoms with Gasteiger partial charge in [-0.2, -0.15) is 0 Å². The number of aromatic nitrogens is 2. The van der Waals surface area contributed by atoms with E-state index in [1.807, 2.05) is 0 Å². The van der Waals surface area contributed by atoms with E-state index >= 15 is 4.39 Å². The Labute approximate surface area is 168 Å². The Kier molecular flexibility index (Phi) is 5.41. The van der Waals surface area contributed by atoms with Gasteiger partial charge in [0, 0.05) is 23.1 Å². The summed E-state index contributed by atoms with van der Waals surface area (Å²) >= 11 is 9.54. The lowest BCUT2D eigenvalue weighted by Crippen LogP contribution is -2.34. The number of hydroxylamine groups is 1. The normalized spacial score (nSPS) is 11.6. The molecule has 0 aliphatic rings. The molecule has 6 nitrogen and oxygen atoms in total. The number of hydrogen-bond acceptors (Lipinski definition) is 4. The summed E-state index contributed by atoms with van der Waals surface area (Å²) in [5, 5.41) is 3.26. The predicted molar refractivity (Wildman–Crippen MR) is 106 cm³/mol. The van der Waals surface area contributed by atoms with E-state index in [1.54, 1.807) is 45.2 Å². The summed E-state index contributed by atoms with van der Waals surface area (Å²) < 4.78 is 17.3. The summed E-state index contributed by atoms with van der Waals surface area (Å²) in [6.07, 6.45) is 4.47. The number of pyridine rings is 1. The van der Waals surface area contributed by atoms with E-state index in [4.69, 9.17) is 16.4 Å². The van der Waals surface area contributed by atoms with E-state index in [2.05, 4.69) is 31.7 Å². The van der Waals surface area contributed by atoms with Crippen LogP contribution in [0.1, 0.15) is 31.1 Å². The van der Waals surface area contributed by atoms with Crippen molar-refractivity contribution in [3.8, 4) is 0 Å². The molecule has 9 heteroatoms. The third-order valence-electron chi connectivity index (χ3n) is 3.51. The highest BCUT2D eigenvalue weighted by Crippen LogP contribution is 2.32. The number of amides is 1. The molecular weight excluding hydrogens is 439 g/mol. The summed E-state index contributed by atoms with van der Waals surface area (Å²) in [6.45, 7) is 5.36. The average Bonchev–Trinajstić information content (AvgIpc) is 3.05. The third-order valence-corrected chi connectivity index (χ3v) is 4.31. The van der Waals surface area contributed by atoms with Crippen LogP contribution >= 0.6 is 27.5 Å². The van der Waals surface area contributed by atoms with Crippen molar-refractivity contribution in [1.82, 2.24) is 14.9 Å². The number of hydrogen-bond donors (Lipinski definition) is 2. The number of nitrogens with one attached hydrogen (secondary N) is 2. The van der Waals surface area contributed by atoms with E-state index in [0.717, 1.165) is 4.47 Å². The van der Waals surface area contributed by atoms with Gasteiger partial charge in [0.05, 0.1) is 27.6 Å². The Hall–Kier alpha value is -2.16. The van der Waals surface area contributed by atoms with E-state index < -0.39 is 17.3 Å². The summed E-state index contributed by atoms with van der Waals surface area (Å²) in [6, 6.07) is 5.09. The fourth-order valence-corrected chi connectivity index (χ4v) is 3.02. The lowest BCUT2D eigenvalue weighted by atomic mass is 10.2. The van der Waals surface area contributed by atoms with E-state index in [9.17, 15) is 4.79 Å². The van der Waals surface area contributed by atoms with Crippen LogP contribution in [-0.4, -0.2) is 20.9 Å². The smallest absolute Gasteiger partial charge is 0.278 e. The molecule has 1 aromatic carbocycles. The van der Waals surface area contributed by atoms with Gasteiger partial charge in [-0.05, 0) is 39.0 Å². The minimum Gasteiger partial charge on any atom is -0.351 e. The van der Waals surface area contributed by atoms with Crippen molar-refractivity contribution in [2.45, 2.75) is 26.4 Å². The van der Waals surface area contributed by atoms with Gasteiger partial charge in [-0.15, -0.1) is 0 Å². The van der Waals surface area contributed by atoms with Gasteiger partial charge >= 0.3 is 0 Å². The van der Waals surface area contributed by atoms with Gasteiger partial charge in [-0.1, -0.05) is 27.5 Å². The number of carbonyl (C=O) groups is 1. The highest BCUT2D eigenvalue weighted by Gasteiger charge is 2.22. The molecule has 3 rings (SSSR count). The number of nitrogens with zero attached hydrogens (tertiary/aromatic N) is 2. The molecule has 0 atom stereocenters. The van der Waals surface area contributed by atoms with Gasteiger partial charge in [-0.25, -0.2) is 14.9 Å². The second-order valence-corrected chi connectivity index (χ2v) is 8.11. The highest BCUT2D eigenvalue weighted by atomic mass is 79.9. The Bertz CT molecular complexity index is 1020. The Morgan fingerprint density at radius 1 is 1.37 bits per heavy atom. The zero-order valence-electron chi connectivity index (χ0n) is 14.8. The zero-order chi connectivity index (χ0) is 19.8. The second kappa shape index (κ2) is 7.46. The standard InChI is InChI=1S/C18H17BrClFN4O2/c1-18(2,3)27-24-17(26)11-9-25-7-6-22-16(25)14(21)15(11)23-13-5-4-10(19)8-12(13)20/h4-9,23H,1-3H3,(H,24,26). The third kappa shape index (κ3) is 4.40. The number of rotatable bonds is 4. The number of benzene rings is 1. The van der Waals surface area contributed by atoms with Crippen molar-refractivity contribution in [3.05, 3.63) is 57.7 Å². The first-order valence-electron chi connectivity index (χ1n) is 8.01. The maximum absolute atomic E-state index is 15.1. The van der Waals surface area contributed by atoms with Crippen molar-refractivity contribution in [1.29, 1.82) is 0 Å². The molecule has 2 N–H and O–H groups in total.